The first-order chi connectivity index (χ1) is 11.3. The smallest absolute Gasteiger partial charge is 0.163 e. The van der Waals surface area contributed by atoms with Crippen molar-refractivity contribution in [2.75, 3.05) is 39.3 Å². The largest absolute Gasteiger partial charge is 0.493 e. The second-order valence-electron chi connectivity index (χ2n) is 5.58. The van der Waals surface area contributed by atoms with Gasteiger partial charge in [0.1, 0.15) is 6.61 Å². The Hall–Kier alpha value is -2.01. The van der Waals surface area contributed by atoms with Gasteiger partial charge in [-0.25, -0.2) is 0 Å². The lowest BCUT2D eigenvalue weighted by Crippen LogP contribution is -2.07. The zero-order chi connectivity index (χ0) is 16.2. The van der Waals surface area contributed by atoms with E-state index in [0.29, 0.717) is 25.6 Å². The van der Waals surface area contributed by atoms with Crippen LogP contribution in [-0.2, 0) is 17.6 Å². The fraction of sp³-hybridized carbons (Fsp3) is 0.500. The third-order valence-electron chi connectivity index (χ3n) is 4.24. The first-order valence-corrected chi connectivity index (χ1v) is 8.20. The molecule has 124 valence electrons. The number of nitrogens with zero attached hydrogens (tertiary/aromatic N) is 1. The molecule has 5 nitrogen and oxygen atoms in total. The number of hydrogen-bond donors (Lipinski definition) is 1. The van der Waals surface area contributed by atoms with Crippen LogP contribution in [-0.4, -0.2) is 39.0 Å². The van der Waals surface area contributed by atoms with Gasteiger partial charge in [0, 0.05) is 36.5 Å². The Balaban J connectivity index is 2.01. The Morgan fingerprint density at radius 1 is 1.17 bits per heavy atom. The predicted octanol–water partition coefficient (Wildman–Crippen LogP) is 3.19. The molecule has 0 spiro atoms. The van der Waals surface area contributed by atoms with Crippen LogP contribution in [0.4, 0.5) is 5.69 Å². The van der Waals surface area contributed by atoms with Crippen molar-refractivity contribution in [3.8, 4) is 11.5 Å². The number of hydrogen-bond acceptors (Lipinski definition) is 5. The standard InChI is InChI=1S/C18H24N2O3/c1-4-22-8-9-23-17-11-15-13(10-16(17)21-3)18(19-2)12-6-5-7-14(12)20-15/h10-11H,4-9H2,1-3H3,(H,19,20). The van der Waals surface area contributed by atoms with Crippen molar-refractivity contribution in [3.05, 3.63) is 23.4 Å². The topological polar surface area (TPSA) is 52.6 Å². The Bertz CT molecular complexity index is 700. The highest BCUT2D eigenvalue weighted by molar-refractivity contribution is 5.95. The van der Waals surface area contributed by atoms with Crippen molar-refractivity contribution < 1.29 is 14.2 Å². The summed E-state index contributed by atoms with van der Waals surface area (Å²) in [4.78, 5) is 4.84. The third-order valence-corrected chi connectivity index (χ3v) is 4.24. The Morgan fingerprint density at radius 2 is 2.04 bits per heavy atom. The van der Waals surface area contributed by atoms with Crippen LogP contribution in [0.3, 0.4) is 0 Å². The SMILES string of the molecule is CCOCCOc1cc2nc3c(c(NC)c2cc1OC)CCC3. The molecule has 0 amide bonds. The number of pyridine rings is 1. The minimum Gasteiger partial charge on any atom is -0.493 e. The average molecular weight is 316 g/mol. The van der Waals surface area contributed by atoms with E-state index in [9.17, 15) is 0 Å². The van der Waals surface area contributed by atoms with Crippen molar-refractivity contribution in [1.29, 1.82) is 0 Å². The third kappa shape index (κ3) is 3.06. The highest BCUT2D eigenvalue weighted by atomic mass is 16.5. The number of fused-ring (bicyclic) bond motifs is 2. The van der Waals surface area contributed by atoms with Gasteiger partial charge in [-0.2, -0.15) is 0 Å². The maximum Gasteiger partial charge on any atom is 0.163 e. The molecular weight excluding hydrogens is 292 g/mol. The summed E-state index contributed by atoms with van der Waals surface area (Å²) in [5.74, 6) is 1.44. The highest BCUT2D eigenvalue weighted by Crippen LogP contribution is 2.39. The number of ether oxygens (including phenoxy) is 3. The normalized spacial score (nSPS) is 13.2. The lowest BCUT2D eigenvalue weighted by Gasteiger charge is -2.16. The van der Waals surface area contributed by atoms with E-state index in [1.807, 2.05) is 26.1 Å². The van der Waals surface area contributed by atoms with Gasteiger partial charge >= 0.3 is 0 Å². The molecule has 3 rings (SSSR count). The summed E-state index contributed by atoms with van der Waals surface area (Å²) in [6, 6.07) is 3.99. The average Bonchev–Trinajstić information content (AvgIpc) is 3.03. The summed E-state index contributed by atoms with van der Waals surface area (Å²) in [7, 11) is 3.63. The van der Waals surface area contributed by atoms with Crippen molar-refractivity contribution in [2.24, 2.45) is 0 Å². The van der Waals surface area contributed by atoms with E-state index in [0.717, 1.165) is 29.5 Å². The van der Waals surface area contributed by atoms with Crippen LogP contribution in [0.15, 0.2) is 12.1 Å². The maximum absolute atomic E-state index is 5.82. The van der Waals surface area contributed by atoms with Crippen LogP contribution in [0, 0.1) is 0 Å². The highest BCUT2D eigenvalue weighted by Gasteiger charge is 2.20. The fourth-order valence-electron chi connectivity index (χ4n) is 3.18. The summed E-state index contributed by atoms with van der Waals surface area (Å²) < 4.78 is 16.7. The zero-order valence-electron chi connectivity index (χ0n) is 14.1. The molecule has 0 bridgehead atoms. The Labute approximate surface area is 137 Å². The molecular formula is C18H24N2O3. The summed E-state index contributed by atoms with van der Waals surface area (Å²) in [5.41, 5.74) is 4.66. The lowest BCUT2D eigenvalue weighted by atomic mass is 10.1. The number of methoxy groups -OCH3 is 1. The molecule has 1 aliphatic rings. The van der Waals surface area contributed by atoms with Crippen LogP contribution in [0.25, 0.3) is 10.9 Å². The van der Waals surface area contributed by atoms with Gasteiger partial charge in [0.25, 0.3) is 0 Å². The van der Waals surface area contributed by atoms with E-state index in [1.165, 1.54) is 23.4 Å². The molecule has 1 aromatic carbocycles. The van der Waals surface area contributed by atoms with Crippen molar-refractivity contribution in [1.82, 2.24) is 4.98 Å². The second-order valence-corrected chi connectivity index (χ2v) is 5.58. The maximum atomic E-state index is 5.82. The summed E-state index contributed by atoms with van der Waals surface area (Å²) in [6.45, 7) is 3.73. The zero-order valence-corrected chi connectivity index (χ0v) is 14.1. The van der Waals surface area contributed by atoms with E-state index < -0.39 is 0 Å². The minimum atomic E-state index is 0.500. The molecule has 1 N–H and O–H groups in total. The van der Waals surface area contributed by atoms with Gasteiger partial charge in [0.15, 0.2) is 11.5 Å². The monoisotopic (exact) mass is 316 g/mol. The first kappa shape index (κ1) is 15.9. The molecule has 0 radical (unpaired) electrons. The number of aryl methyl sites for hydroxylation is 1. The van der Waals surface area contributed by atoms with Gasteiger partial charge in [-0.15, -0.1) is 0 Å². The van der Waals surface area contributed by atoms with E-state index in [-0.39, 0.29) is 0 Å². The van der Waals surface area contributed by atoms with E-state index in [4.69, 9.17) is 19.2 Å². The summed E-state index contributed by atoms with van der Waals surface area (Å²) in [6.07, 6.45) is 3.30. The Morgan fingerprint density at radius 3 is 2.78 bits per heavy atom. The quantitative estimate of drug-likeness (QED) is 0.795. The van der Waals surface area contributed by atoms with Gasteiger partial charge in [0.05, 0.1) is 19.2 Å². The van der Waals surface area contributed by atoms with Gasteiger partial charge in [-0.1, -0.05) is 0 Å². The van der Waals surface area contributed by atoms with Crippen LogP contribution < -0.4 is 14.8 Å². The molecule has 5 heteroatoms. The van der Waals surface area contributed by atoms with Gasteiger partial charge in [-0.05, 0) is 37.8 Å². The molecule has 1 heterocycles. The molecule has 1 aromatic heterocycles. The summed E-state index contributed by atoms with van der Waals surface area (Å²) >= 11 is 0. The molecule has 23 heavy (non-hydrogen) atoms. The molecule has 0 saturated carbocycles. The molecule has 0 aliphatic heterocycles. The van der Waals surface area contributed by atoms with Gasteiger partial charge in [0.2, 0.25) is 0 Å². The van der Waals surface area contributed by atoms with Gasteiger partial charge < -0.3 is 19.5 Å². The number of nitrogens with one attached hydrogen (secondary N) is 1. The first-order valence-electron chi connectivity index (χ1n) is 8.20. The molecule has 0 saturated heterocycles. The van der Waals surface area contributed by atoms with E-state index in [1.54, 1.807) is 7.11 Å². The predicted molar refractivity (Wildman–Crippen MR) is 91.9 cm³/mol. The fourth-order valence-corrected chi connectivity index (χ4v) is 3.18. The van der Waals surface area contributed by atoms with Gasteiger partial charge in [-0.3, -0.25) is 4.98 Å². The number of aromatic nitrogens is 1. The number of rotatable bonds is 7. The Kier molecular flexibility index (Phi) is 4.86. The number of anilines is 1. The van der Waals surface area contributed by atoms with Crippen LogP contribution >= 0.6 is 0 Å². The molecule has 0 unspecified atom stereocenters. The molecule has 1 aliphatic carbocycles. The molecule has 2 aromatic rings. The summed E-state index contributed by atoms with van der Waals surface area (Å²) in [5, 5.41) is 4.43. The molecule has 0 fully saturated rings. The van der Waals surface area contributed by atoms with Crippen molar-refractivity contribution >= 4 is 16.6 Å². The second kappa shape index (κ2) is 7.04. The van der Waals surface area contributed by atoms with Crippen molar-refractivity contribution in [2.45, 2.75) is 26.2 Å². The van der Waals surface area contributed by atoms with Crippen LogP contribution in [0.2, 0.25) is 0 Å². The minimum absolute atomic E-state index is 0.500. The lowest BCUT2D eigenvalue weighted by molar-refractivity contribution is 0.109. The molecule has 0 atom stereocenters. The van der Waals surface area contributed by atoms with E-state index >= 15 is 0 Å². The van der Waals surface area contributed by atoms with E-state index in [2.05, 4.69) is 5.32 Å². The van der Waals surface area contributed by atoms with Crippen LogP contribution in [0.5, 0.6) is 11.5 Å². The van der Waals surface area contributed by atoms with Crippen molar-refractivity contribution in [3.63, 3.8) is 0 Å². The van der Waals surface area contributed by atoms with Crippen LogP contribution in [0.1, 0.15) is 24.6 Å². The number of benzene rings is 1.